The van der Waals surface area contributed by atoms with Gasteiger partial charge in [0, 0.05) is 6.54 Å². The highest BCUT2D eigenvalue weighted by molar-refractivity contribution is 7.92. The smallest absolute Gasteiger partial charge is 0.243 e. The lowest BCUT2D eigenvalue weighted by Crippen LogP contribution is -2.48. The predicted octanol–water partition coefficient (Wildman–Crippen LogP) is 2.51. The molecule has 0 aliphatic rings. The van der Waals surface area contributed by atoms with E-state index in [4.69, 9.17) is 0 Å². The number of carbonyl (C=O) groups is 1. The minimum absolute atomic E-state index is 0.318. The Labute approximate surface area is 149 Å². The van der Waals surface area contributed by atoms with Crippen LogP contribution in [0.25, 0.3) is 0 Å². The molecule has 2 aromatic carbocycles. The van der Waals surface area contributed by atoms with Gasteiger partial charge in [-0.25, -0.2) is 8.42 Å². The summed E-state index contributed by atoms with van der Waals surface area (Å²) in [4.78, 5) is 12.4. The number of amides is 1. The fraction of sp³-hybridized carbons (Fsp3) is 0.316. The zero-order chi connectivity index (χ0) is 18.4. The molecule has 5 nitrogen and oxygen atoms in total. The molecule has 1 atom stereocenters. The molecule has 0 saturated carbocycles. The van der Waals surface area contributed by atoms with E-state index < -0.39 is 16.1 Å². The van der Waals surface area contributed by atoms with Gasteiger partial charge in [-0.15, -0.1) is 0 Å². The Morgan fingerprint density at radius 3 is 2.24 bits per heavy atom. The van der Waals surface area contributed by atoms with Gasteiger partial charge in [0.05, 0.1) is 11.9 Å². The Morgan fingerprint density at radius 2 is 1.68 bits per heavy atom. The van der Waals surface area contributed by atoms with E-state index in [0.717, 1.165) is 21.7 Å². The number of hydrogen-bond donors (Lipinski definition) is 1. The molecule has 0 spiro atoms. The number of rotatable bonds is 7. The molecule has 2 aromatic rings. The Hall–Kier alpha value is -2.34. The summed E-state index contributed by atoms with van der Waals surface area (Å²) >= 11 is 0. The standard InChI is InChI=1S/C19H24N2O3S/c1-15-9-11-18(12-10-15)21(25(3,23)24)16(2)19(22)20-14-13-17-7-5-4-6-8-17/h4-12,16H,13-14H2,1-3H3,(H,20,22)/t16-/m0/s1. The molecule has 134 valence electrons. The van der Waals surface area contributed by atoms with Crippen molar-refractivity contribution in [2.45, 2.75) is 26.3 Å². The Bertz CT molecular complexity index is 802. The zero-order valence-corrected chi connectivity index (χ0v) is 15.6. The monoisotopic (exact) mass is 360 g/mol. The highest BCUT2D eigenvalue weighted by Gasteiger charge is 2.28. The summed E-state index contributed by atoms with van der Waals surface area (Å²) in [5, 5.41) is 2.82. The molecule has 0 bridgehead atoms. The quantitative estimate of drug-likeness (QED) is 0.825. The van der Waals surface area contributed by atoms with Crippen LogP contribution in [0.2, 0.25) is 0 Å². The van der Waals surface area contributed by atoms with Crippen LogP contribution in [0.1, 0.15) is 18.1 Å². The summed E-state index contributed by atoms with van der Waals surface area (Å²) in [5.74, 6) is -0.318. The molecule has 0 unspecified atom stereocenters. The normalized spacial score (nSPS) is 12.4. The molecule has 1 amide bonds. The number of nitrogens with zero attached hydrogens (tertiary/aromatic N) is 1. The lowest BCUT2D eigenvalue weighted by atomic mass is 10.1. The Balaban J connectivity index is 2.06. The topological polar surface area (TPSA) is 66.5 Å². The van der Waals surface area contributed by atoms with Gasteiger partial charge in [0.2, 0.25) is 15.9 Å². The van der Waals surface area contributed by atoms with Crippen LogP contribution in [0.3, 0.4) is 0 Å². The van der Waals surface area contributed by atoms with Crippen molar-refractivity contribution >= 4 is 21.6 Å². The lowest BCUT2D eigenvalue weighted by Gasteiger charge is -2.28. The van der Waals surface area contributed by atoms with Gasteiger partial charge in [0.25, 0.3) is 0 Å². The first kappa shape index (κ1) is 19.0. The molecule has 0 saturated heterocycles. The molecule has 0 heterocycles. The molecule has 0 aromatic heterocycles. The first-order valence-corrected chi connectivity index (χ1v) is 10.0. The van der Waals surface area contributed by atoms with Crippen molar-refractivity contribution in [1.82, 2.24) is 5.32 Å². The van der Waals surface area contributed by atoms with E-state index in [-0.39, 0.29) is 5.91 Å². The van der Waals surface area contributed by atoms with E-state index >= 15 is 0 Å². The molecule has 6 heteroatoms. The van der Waals surface area contributed by atoms with Crippen LogP contribution in [0.4, 0.5) is 5.69 Å². The van der Waals surface area contributed by atoms with Crippen molar-refractivity contribution in [3.63, 3.8) is 0 Å². The second kappa shape index (κ2) is 8.16. The van der Waals surface area contributed by atoms with Crippen LogP contribution in [-0.4, -0.2) is 33.2 Å². The number of benzene rings is 2. The van der Waals surface area contributed by atoms with Gasteiger partial charge in [-0.2, -0.15) is 0 Å². The van der Waals surface area contributed by atoms with Gasteiger partial charge in [0.15, 0.2) is 0 Å². The molecule has 0 aliphatic carbocycles. The van der Waals surface area contributed by atoms with Crippen molar-refractivity contribution in [2.24, 2.45) is 0 Å². The van der Waals surface area contributed by atoms with Crippen molar-refractivity contribution in [1.29, 1.82) is 0 Å². The summed E-state index contributed by atoms with van der Waals surface area (Å²) in [6.45, 7) is 3.98. The van der Waals surface area contributed by atoms with E-state index in [1.165, 1.54) is 0 Å². The van der Waals surface area contributed by atoms with Crippen LogP contribution in [0.15, 0.2) is 54.6 Å². The number of sulfonamides is 1. The van der Waals surface area contributed by atoms with Gasteiger partial charge in [-0.3, -0.25) is 9.10 Å². The fourth-order valence-electron chi connectivity index (χ4n) is 2.62. The summed E-state index contributed by atoms with van der Waals surface area (Å²) in [7, 11) is -3.58. The first-order valence-electron chi connectivity index (χ1n) is 8.17. The average Bonchev–Trinajstić information content (AvgIpc) is 2.56. The van der Waals surface area contributed by atoms with Crippen molar-refractivity contribution < 1.29 is 13.2 Å². The second-order valence-corrected chi connectivity index (χ2v) is 7.96. The third kappa shape index (κ3) is 5.32. The van der Waals surface area contributed by atoms with Crippen molar-refractivity contribution in [2.75, 3.05) is 17.1 Å². The Kier molecular flexibility index (Phi) is 6.20. The van der Waals surface area contributed by atoms with Crippen molar-refractivity contribution in [3.8, 4) is 0 Å². The SMILES string of the molecule is Cc1ccc(N([C@@H](C)C(=O)NCCc2ccccc2)S(C)(=O)=O)cc1. The van der Waals surface area contributed by atoms with Gasteiger partial charge in [-0.1, -0.05) is 48.0 Å². The van der Waals surface area contributed by atoms with Gasteiger partial charge in [-0.05, 0) is 38.0 Å². The maximum atomic E-state index is 12.4. The number of hydrogen-bond acceptors (Lipinski definition) is 3. The molecule has 0 radical (unpaired) electrons. The zero-order valence-electron chi connectivity index (χ0n) is 14.8. The van der Waals surface area contributed by atoms with Gasteiger partial charge < -0.3 is 5.32 Å². The third-order valence-corrected chi connectivity index (χ3v) is 5.17. The van der Waals surface area contributed by atoms with E-state index in [1.54, 1.807) is 19.1 Å². The summed E-state index contributed by atoms with van der Waals surface area (Å²) in [5.41, 5.74) is 2.63. The van der Waals surface area contributed by atoms with Crippen LogP contribution in [-0.2, 0) is 21.2 Å². The van der Waals surface area contributed by atoms with Crippen LogP contribution in [0.5, 0.6) is 0 Å². The third-order valence-electron chi connectivity index (χ3n) is 3.93. The maximum absolute atomic E-state index is 12.4. The highest BCUT2D eigenvalue weighted by Crippen LogP contribution is 2.21. The molecular formula is C19H24N2O3S. The van der Waals surface area contributed by atoms with E-state index in [1.807, 2.05) is 49.4 Å². The Morgan fingerprint density at radius 1 is 1.08 bits per heavy atom. The summed E-state index contributed by atoms with van der Waals surface area (Å²) in [6.07, 6.45) is 1.81. The van der Waals surface area contributed by atoms with Crippen LogP contribution < -0.4 is 9.62 Å². The second-order valence-electron chi connectivity index (χ2n) is 6.10. The van der Waals surface area contributed by atoms with Crippen molar-refractivity contribution in [3.05, 3.63) is 65.7 Å². The number of aryl methyl sites for hydroxylation is 1. The maximum Gasteiger partial charge on any atom is 0.243 e. The van der Waals surface area contributed by atoms with E-state index in [2.05, 4.69) is 5.32 Å². The first-order chi connectivity index (χ1) is 11.8. The highest BCUT2D eigenvalue weighted by atomic mass is 32.2. The van der Waals surface area contributed by atoms with E-state index in [9.17, 15) is 13.2 Å². The van der Waals surface area contributed by atoms with Gasteiger partial charge in [0.1, 0.15) is 6.04 Å². The van der Waals surface area contributed by atoms with Crippen LogP contribution in [0, 0.1) is 6.92 Å². The van der Waals surface area contributed by atoms with Crippen LogP contribution >= 0.6 is 0 Å². The fourth-order valence-corrected chi connectivity index (χ4v) is 3.80. The molecule has 25 heavy (non-hydrogen) atoms. The van der Waals surface area contributed by atoms with Gasteiger partial charge >= 0.3 is 0 Å². The average molecular weight is 360 g/mol. The number of nitrogens with one attached hydrogen (secondary N) is 1. The molecule has 0 aliphatic heterocycles. The number of carbonyl (C=O) groups excluding carboxylic acids is 1. The molecular weight excluding hydrogens is 336 g/mol. The molecule has 1 N–H and O–H groups in total. The predicted molar refractivity (Wildman–Crippen MR) is 101 cm³/mol. The van der Waals surface area contributed by atoms with E-state index in [0.29, 0.717) is 18.7 Å². The molecule has 2 rings (SSSR count). The molecule has 0 fully saturated rings. The minimum Gasteiger partial charge on any atom is -0.354 e. The summed E-state index contributed by atoms with van der Waals surface area (Å²) < 4.78 is 25.6. The largest absolute Gasteiger partial charge is 0.354 e. The number of anilines is 1. The lowest BCUT2D eigenvalue weighted by molar-refractivity contribution is -0.121. The summed E-state index contributed by atoms with van der Waals surface area (Å²) in [6, 6.07) is 16.1. The minimum atomic E-state index is -3.58.